The van der Waals surface area contributed by atoms with Crippen LogP contribution in [0.2, 0.25) is 0 Å². The molecule has 1 aliphatic rings. The van der Waals surface area contributed by atoms with Crippen LogP contribution in [0, 0.1) is 0 Å². The van der Waals surface area contributed by atoms with Crippen LogP contribution in [0.5, 0.6) is 0 Å². The Labute approximate surface area is 164 Å². The highest BCUT2D eigenvalue weighted by atomic mass is 19.4. The Morgan fingerprint density at radius 1 is 1.10 bits per heavy atom. The first-order chi connectivity index (χ1) is 13.7. The van der Waals surface area contributed by atoms with Crippen LogP contribution in [0.1, 0.15) is 28.8 Å². The smallest absolute Gasteiger partial charge is 0.349 e. The second-order valence-electron chi connectivity index (χ2n) is 6.75. The minimum absolute atomic E-state index is 0.115. The van der Waals surface area contributed by atoms with E-state index in [-0.39, 0.29) is 11.9 Å². The minimum atomic E-state index is -4.59. The van der Waals surface area contributed by atoms with Crippen LogP contribution < -0.4 is 10.9 Å². The molecule has 29 heavy (non-hydrogen) atoms. The Balaban J connectivity index is 1.55. The molecule has 0 atom stereocenters. The molecule has 1 aliphatic heterocycles. The maximum Gasteiger partial charge on any atom is 0.417 e. The molecule has 0 radical (unpaired) electrons. The number of carbonyl (C=O) groups excluding carboxylic acids is 2. The van der Waals surface area contributed by atoms with Gasteiger partial charge in [0.1, 0.15) is 6.54 Å². The van der Waals surface area contributed by atoms with E-state index in [1.165, 1.54) is 17.3 Å². The summed E-state index contributed by atoms with van der Waals surface area (Å²) in [4.78, 5) is 41.7. The van der Waals surface area contributed by atoms with Gasteiger partial charge in [-0.05, 0) is 31.0 Å². The summed E-state index contributed by atoms with van der Waals surface area (Å²) in [7, 11) is 0. The normalized spacial score (nSPS) is 15.2. The molecule has 10 heteroatoms. The third-order valence-corrected chi connectivity index (χ3v) is 4.74. The molecule has 0 aliphatic carbocycles. The number of likely N-dealkylation sites (tertiary alicyclic amines) is 1. The van der Waals surface area contributed by atoms with Crippen LogP contribution in [0.3, 0.4) is 0 Å². The number of hydrogen-bond donors (Lipinski definition) is 1. The molecular weight excluding hydrogens is 389 g/mol. The first kappa shape index (κ1) is 20.6. The van der Waals surface area contributed by atoms with Crippen LogP contribution in [-0.2, 0) is 17.5 Å². The predicted molar refractivity (Wildman–Crippen MR) is 97.0 cm³/mol. The van der Waals surface area contributed by atoms with Crippen molar-refractivity contribution in [3.8, 4) is 0 Å². The summed E-state index contributed by atoms with van der Waals surface area (Å²) in [5.74, 6) is -0.668. The van der Waals surface area contributed by atoms with Crippen molar-refractivity contribution in [2.24, 2.45) is 0 Å². The molecule has 154 valence electrons. The second kappa shape index (κ2) is 8.46. The van der Waals surface area contributed by atoms with Gasteiger partial charge in [-0.1, -0.05) is 0 Å². The molecule has 2 aromatic rings. The highest BCUT2D eigenvalue weighted by Gasteiger charge is 2.31. The number of halogens is 3. The van der Waals surface area contributed by atoms with E-state index < -0.39 is 29.8 Å². The van der Waals surface area contributed by atoms with Gasteiger partial charge in [-0.15, -0.1) is 0 Å². The van der Waals surface area contributed by atoms with Gasteiger partial charge in [0, 0.05) is 49.4 Å². The third-order valence-electron chi connectivity index (χ3n) is 4.74. The number of rotatable bonds is 4. The van der Waals surface area contributed by atoms with Crippen LogP contribution in [0.25, 0.3) is 0 Å². The lowest BCUT2D eigenvalue weighted by Crippen LogP contribution is -2.47. The van der Waals surface area contributed by atoms with Gasteiger partial charge in [0.05, 0.1) is 5.56 Å². The molecule has 1 N–H and O–H groups in total. The van der Waals surface area contributed by atoms with Gasteiger partial charge in [0.2, 0.25) is 5.91 Å². The number of alkyl halides is 3. The van der Waals surface area contributed by atoms with Crippen molar-refractivity contribution in [1.29, 1.82) is 0 Å². The van der Waals surface area contributed by atoms with Crippen LogP contribution in [0.15, 0.2) is 47.7 Å². The number of hydrogen-bond acceptors (Lipinski definition) is 4. The average molecular weight is 408 g/mol. The summed E-state index contributed by atoms with van der Waals surface area (Å²) in [6.45, 7) is 0.221. The third kappa shape index (κ3) is 5.21. The van der Waals surface area contributed by atoms with Crippen molar-refractivity contribution >= 4 is 11.8 Å². The maximum atomic E-state index is 12.8. The number of carbonyl (C=O) groups is 2. The summed E-state index contributed by atoms with van der Waals surface area (Å²) in [5, 5.41) is 2.89. The standard InChI is InChI=1S/C19H19F3N4O3/c20-19(21,22)14-1-2-16(27)26(11-14)12-17(28)25-9-5-15(6-10-25)24-18(29)13-3-7-23-8-4-13/h1-4,7-8,11,15H,5-6,9-10,12H2,(H,24,29). The van der Waals surface area contributed by atoms with Crippen molar-refractivity contribution in [3.05, 3.63) is 64.3 Å². The van der Waals surface area contributed by atoms with Gasteiger partial charge >= 0.3 is 6.18 Å². The Morgan fingerprint density at radius 3 is 2.38 bits per heavy atom. The van der Waals surface area contributed by atoms with Crippen molar-refractivity contribution in [2.75, 3.05) is 13.1 Å². The van der Waals surface area contributed by atoms with Crippen LogP contribution in [0.4, 0.5) is 13.2 Å². The fraction of sp³-hybridized carbons (Fsp3) is 0.368. The number of nitrogens with one attached hydrogen (secondary N) is 1. The Hall–Kier alpha value is -3.17. The van der Waals surface area contributed by atoms with Gasteiger partial charge in [-0.3, -0.25) is 19.4 Å². The Kier molecular flexibility index (Phi) is 6.00. The lowest BCUT2D eigenvalue weighted by molar-refractivity contribution is -0.139. The quantitative estimate of drug-likeness (QED) is 0.835. The molecule has 0 saturated carbocycles. The first-order valence-corrected chi connectivity index (χ1v) is 9.00. The summed E-state index contributed by atoms with van der Waals surface area (Å²) in [6.07, 6.45) is 0.129. The van der Waals surface area contributed by atoms with Crippen molar-refractivity contribution in [1.82, 2.24) is 19.8 Å². The highest BCUT2D eigenvalue weighted by molar-refractivity contribution is 5.94. The van der Waals surface area contributed by atoms with E-state index in [1.54, 1.807) is 12.1 Å². The Morgan fingerprint density at radius 2 is 1.76 bits per heavy atom. The van der Waals surface area contributed by atoms with Gasteiger partial charge in [0.15, 0.2) is 0 Å². The van der Waals surface area contributed by atoms with E-state index in [9.17, 15) is 27.6 Å². The predicted octanol–water partition coefficient (Wildman–Crippen LogP) is 1.68. The molecule has 3 heterocycles. The molecule has 0 aromatic carbocycles. The molecule has 2 amide bonds. The highest BCUT2D eigenvalue weighted by Crippen LogP contribution is 2.28. The van der Waals surface area contributed by atoms with E-state index in [4.69, 9.17) is 0 Å². The number of pyridine rings is 2. The largest absolute Gasteiger partial charge is 0.417 e. The number of piperidine rings is 1. The molecule has 0 bridgehead atoms. The summed E-state index contributed by atoms with van der Waals surface area (Å²) >= 11 is 0. The van der Waals surface area contributed by atoms with Gasteiger partial charge in [-0.25, -0.2) is 0 Å². The summed E-state index contributed by atoms with van der Waals surface area (Å²) in [5.41, 5.74) is -1.17. The van der Waals surface area contributed by atoms with Crippen molar-refractivity contribution in [3.63, 3.8) is 0 Å². The van der Waals surface area contributed by atoms with Gasteiger partial charge < -0.3 is 14.8 Å². The van der Waals surface area contributed by atoms with E-state index in [2.05, 4.69) is 10.3 Å². The van der Waals surface area contributed by atoms with E-state index in [1.807, 2.05) is 0 Å². The maximum absolute atomic E-state index is 12.8. The van der Waals surface area contributed by atoms with Crippen molar-refractivity contribution < 1.29 is 22.8 Å². The summed E-state index contributed by atoms with van der Waals surface area (Å²) < 4.78 is 39.2. The molecule has 1 saturated heterocycles. The van der Waals surface area contributed by atoms with E-state index >= 15 is 0 Å². The zero-order valence-electron chi connectivity index (χ0n) is 15.4. The lowest BCUT2D eigenvalue weighted by Gasteiger charge is -2.32. The molecule has 3 rings (SSSR count). The molecular formula is C19H19F3N4O3. The number of aromatic nitrogens is 2. The monoisotopic (exact) mass is 408 g/mol. The van der Waals surface area contributed by atoms with E-state index in [0.29, 0.717) is 43.8 Å². The Bertz CT molecular complexity index is 936. The van der Waals surface area contributed by atoms with Gasteiger partial charge in [0.25, 0.3) is 11.5 Å². The number of amides is 2. The van der Waals surface area contributed by atoms with Crippen molar-refractivity contribution in [2.45, 2.75) is 31.6 Å². The average Bonchev–Trinajstić information content (AvgIpc) is 2.70. The fourth-order valence-electron chi connectivity index (χ4n) is 3.11. The number of nitrogens with zero attached hydrogens (tertiary/aromatic N) is 3. The SMILES string of the molecule is O=C(NC1CCN(C(=O)Cn2cc(C(F)(F)F)ccc2=O)CC1)c1ccncc1. The second-order valence-corrected chi connectivity index (χ2v) is 6.75. The fourth-order valence-corrected chi connectivity index (χ4v) is 3.11. The zero-order chi connectivity index (χ0) is 21.0. The van der Waals surface area contributed by atoms with Gasteiger partial charge in [-0.2, -0.15) is 13.2 Å². The topological polar surface area (TPSA) is 84.3 Å². The lowest BCUT2D eigenvalue weighted by atomic mass is 10.0. The summed E-state index contributed by atoms with van der Waals surface area (Å²) in [6, 6.07) is 4.58. The zero-order valence-corrected chi connectivity index (χ0v) is 15.4. The molecule has 0 unspecified atom stereocenters. The molecule has 0 spiro atoms. The minimum Gasteiger partial charge on any atom is -0.349 e. The van der Waals surface area contributed by atoms with E-state index in [0.717, 1.165) is 10.6 Å². The molecule has 1 fully saturated rings. The van der Waals surface area contributed by atoms with Crippen LogP contribution >= 0.6 is 0 Å². The molecule has 2 aromatic heterocycles. The van der Waals surface area contributed by atoms with Crippen LogP contribution in [-0.4, -0.2) is 45.4 Å². The molecule has 7 nitrogen and oxygen atoms in total. The first-order valence-electron chi connectivity index (χ1n) is 9.00.